The summed E-state index contributed by atoms with van der Waals surface area (Å²) in [6, 6.07) is 3.45. The molecule has 2 saturated carbocycles. The van der Waals surface area contributed by atoms with Crippen LogP contribution in [0.3, 0.4) is 0 Å². The van der Waals surface area contributed by atoms with E-state index in [2.05, 4.69) is 42.0 Å². The van der Waals surface area contributed by atoms with Crippen LogP contribution in [-0.2, 0) is 45.7 Å². The van der Waals surface area contributed by atoms with Crippen molar-refractivity contribution in [3.63, 3.8) is 0 Å². The first kappa shape index (κ1) is 37.6. The number of imide groups is 1. The molecule has 3 fully saturated rings. The molecule has 2 aliphatic heterocycles. The molecule has 5 heterocycles. The average Bonchev–Trinajstić information content (AvgIpc) is 3.67. The van der Waals surface area contributed by atoms with Gasteiger partial charge in [-0.15, -0.1) is 11.3 Å². The van der Waals surface area contributed by atoms with Gasteiger partial charge in [0.1, 0.15) is 17.7 Å². The van der Waals surface area contributed by atoms with Gasteiger partial charge in [0.15, 0.2) is 0 Å². The molecule has 54 heavy (non-hydrogen) atoms. The fourth-order valence-corrected chi connectivity index (χ4v) is 8.50. The summed E-state index contributed by atoms with van der Waals surface area (Å²) in [5, 5.41) is 22.3. The van der Waals surface area contributed by atoms with Gasteiger partial charge >= 0.3 is 0 Å². The number of nitrogens with one attached hydrogen (secondary N) is 6. The quantitative estimate of drug-likeness (QED) is 0.0926. The van der Waals surface area contributed by atoms with Crippen molar-refractivity contribution < 1.29 is 28.4 Å². The number of amides is 5. The second-order valence-corrected chi connectivity index (χ2v) is 15.8. The number of pyridine rings is 1. The minimum atomic E-state index is -0.647. The molecule has 6 N–H and O–H groups in total. The largest absolute Gasteiger partial charge is 0.367 e. The van der Waals surface area contributed by atoms with Gasteiger partial charge in [0.05, 0.1) is 36.9 Å². The summed E-state index contributed by atoms with van der Waals surface area (Å²) < 4.78 is 16.7. The Balaban J connectivity index is 0.743. The molecule has 0 aromatic carbocycles. The molecule has 1 unspecified atom stereocenters. The number of carbonyl (C=O) groups is 5. The number of rotatable bonds is 16. The molecular weight excluding hydrogens is 716 g/mol. The first-order chi connectivity index (χ1) is 26.1. The van der Waals surface area contributed by atoms with Gasteiger partial charge in [-0.2, -0.15) is 5.10 Å². The van der Waals surface area contributed by atoms with Crippen molar-refractivity contribution in [2.24, 2.45) is 13.0 Å². The van der Waals surface area contributed by atoms with E-state index >= 15 is 0 Å². The van der Waals surface area contributed by atoms with Crippen molar-refractivity contribution >= 4 is 46.7 Å². The van der Waals surface area contributed by atoms with Crippen LogP contribution in [0.2, 0.25) is 0 Å². The topological polar surface area (TPSA) is 191 Å². The predicted molar refractivity (Wildman–Crippen MR) is 199 cm³/mol. The van der Waals surface area contributed by atoms with Gasteiger partial charge in [0.25, 0.3) is 5.91 Å². The van der Waals surface area contributed by atoms with E-state index in [0.29, 0.717) is 48.2 Å². The van der Waals surface area contributed by atoms with E-state index in [-0.39, 0.29) is 67.6 Å². The summed E-state index contributed by atoms with van der Waals surface area (Å²) in [6.45, 7) is 1.68. The average molecular weight is 763 g/mol. The van der Waals surface area contributed by atoms with Gasteiger partial charge in [-0.25, -0.2) is 9.37 Å². The summed E-state index contributed by atoms with van der Waals surface area (Å²) in [5.74, 6) is -0.348. The molecule has 0 radical (unpaired) electrons. The maximum Gasteiger partial charge on any atom is 0.265 e. The molecule has 288 valence electrons. The summed E-state index contributed by atoms with van der Waals surface area (Å²) in [4.78, 5) is 68.6. The molecule has 3 aromatic heterocycles. The number of halogens is 1. The standard InChI is InChI=1S/C37H47FN10O5S/c1-47-30(12-21-2-3-21)27(16-44-47)26-14-31(42-17-28(26)38)45-24-6-4-23(5-7-24)41-19-34(51)40-11-10-39-18-33(50)43-15-25-13-22-20-48(37(53)35(22)54-25)29-8-9-32(49)46-36(29)52/h13-14,16-17,21,23-24,29,39,41H,2-12,15,18-20H2,1H3,(H,40,51)(H,42,45)(H,43,50)(H,46,49,52). The predicted octanol–water partition coefficient (Wildman–Crippen LogP) is 1.73. The number of anilines is 1. The van der Waals surface area contributed by atoms with E-state index in [9.17, 15) is 28.4 Å². The van der Waals surface area contributed by atoms with Gasteiger partial charge in [-0.05, 0) is 75.0 Å². The van der Waals surface area contributed by atoms with Crippen LogP contribution in [0.15, 0.2) is 24.5 Å². The lowest BCUT2D eigenvalue weighted by Gasteiger charge is -2.30. The molecule has 1 atom stereocenters. The van der Waals surface area contributed by atoms with Gasteiger partial charge in [-0.1, -0.05) is 0 Å². The van der Waals surface area contributed by atoms with E-state index in [0.717, 1.165) is 53.8 Å². The third-order valence-corrected chi connectivity index (χ3v) is 11.8. The Labute approximate surface area is 316 Å². The summed E-state index contributed by atoms with van der Waals surface area (Å²) in [7, 11) is 1.91. The summed E-state index contributed by atoms with van der Waals surface area (Å²) >= 11 is 1.30. The second kappa shape index (κ2) is 16.7. The van der Waals surface area contributed by atoms with E-state index in [1.165, 1.54) is 35.3 Å². The second-order valence-electron chi connectivity index (χ2n) is 14.7. The maximum atomic E-state index is 14.9. The molecule has 4 aliphatic rings. The highest BCUT2D eigenvalue weighted by Crippen LogP contribution is 2.37. The lowest BCUT2D eigenvalue weighted by atomic mass is 9.91. The van der Waals surface area contributed by atoms with Crippen LogP contribution in [0.5, 0.6) is 0 Å². The zero-order chi connectivity index (χ0) is 37.8. The fourth-order valence-electron chi connectivity index (χ4n) is 7.43. The minimum absolute atomic E-state index is 0.0817. The number of nitrogens with zero attached hydrogens (tertiary/aromatic N) is 4. The van der Waals surface area contributed by atoms with E-state index in [4.69, 9.17) is 0 Å². The molecule has 3 aromatic rings. The molecular formula is C37H47FN10O5S. The van der Waals surface area contributed by atoms with Crippen LogP contribution < -0.4 is 31.9 Å². The molecule has 15 nitrogen and oxygen atoms in total. The maximum absolute atomic E-state index is 14.9. The zero-order valence-corrected chi connectivity index (χ0v) is 31.2. The Hall–Kier alpha value is -4.74. The lowest BCUT2D eigenvalue weighted by molar-refractivity contribution is -0.137. The van der Waals surface area contributed by atoms with Gasteiger partial charge in [0, 0.05) is 66.9 Å². The Bertz CT molecular complexity index is 1900. The number of piperidine rings is 1. The van der Waals surface area contributed by atoms with E-state index < -0.39 is 11.9 Å². The van der Waals surface area contributed by atoms with Crippen LogP contribution in [0.1, 0.15) is 77.2 Å². The van der Waals surface area contributed by atoms with Crippen molar-refractivity contribution in [1.82, 2.24) is 46.2 Å². The highest BCUT2D eigenvalue weighted by atomic mass is 32.1. The van der Waals surface area contributed by atoms with Gasteiger partial charge < -0.3 is 31.5 Å². The fraction of sp³-hybridized carbons (Fsp3) is 0.541. The molecule has 7 rings (SSSR count). The normalized spacial score (nSPS) is 21.2. The van der Waals surface area contributed by atoms with Crippen LogP contribution in [0.4, 0.5) is 10.2 Å². The lowest BCUT2D eigenvalue weighted by Crippen LogP contribution is -2.52. The molecule has 5 amide bonds. The third kappa shape index (κ3) is 9.13. The number of fused-ring (bicyclic) bond motifs is 1. The van der Waals surface area contributed by atoms with Crippen molar-refractivity contribution in [3.05, 3.63) is 51.4 Å². The molecule has 1 saturated heterocycles. The van der Waals surface area contributed by atoms with Crippen molar-refractivity contribution in [2.75, 3.05) is 31.5 Å². The molecule has 17 heteroatoms. The van der Waals surface area contributed by atoms with Gasteiger partial charge in [0.2, 0.25) is 23.6 Å². The minimum Gasteiger partial charge on any atom is -0.367 e. The van der Waals surface area contributed by atoms with Crippen LogP contribution in [0, 0.1) is 11.7 Å². The zero-order valence-electron chi connectivity index (χ0n) is 30.3. The SMILES string of the molecule is Cn1ncc(-c2cc(NC3CCC(NCC(=O)NCCNCC(=O)NCc4cc5c(s4)C(=O)N(C4CCC(=O)NC4=O)C5)CC3)ncc2F)c1CC1CC1. The highest BCUT2D eigenvalue weighted by Gasteiger charge is 2.40. The van der Waals surface area contributed by atoms with Crippen molar-refractivity contribution in [3.8, 4) is 11.1 Å². The smallest absolute Gasteiger partial charge is 0.265 e. The Morgan fingerprint density at radius 1 is 0.944 bits per heavy atom. The number of aromatic nitrogens is 3. The van der Waals surface area contributed by atoms with Crippen molar-refractivity contribution in [2.45, 2.75) is 89.0 Å². The summed E-state index contributed by atoms with van der Waals surface area (Å²) in [5.41, 5.74) is 3.23. The van der Waals surface area contributed by atoms with E-state index in [1.54, 1.807) is 12.3 Å². The number of hydrogen-bond acceptors (Lipinski definition) is 11. The Morgan fingerprint density at radius 3 is 2.48 bits per heavy atom. The van der Waals surface area contributed by atoms with Crippen LogP contribution in [0.25, 0.3) is 11.1 Å². The molecule has 2 aliphatic carbocycles. The number of hydrogen-bond donors (Lipinski definition) is 6. The van der Waals surface area contributed by atoms with Crippen LogP contribution >= 0.6 is 11.3 Å². The van der Waals surface area contributed by atoms with Crippen molar-refractivity contribution in [1.29, 1.82) is 0 Å². The number of aryl methyl sites for hydroxylation is 1. The number of carbonyl (C=O) groups excluding carboxylic acids is 5. The molecule has 0 bridgehead atoms. The Kier molecular flexibility index (Phi) is 11.6. The number of thiophene rings is 1. The first-order valence-corrected chi connectivity index (χ1v) is 19.6. The van der Waals surface area contributed by atoms with E-state index in [1.807, 2.05) is 17.8 Å². The molecule has 0 spiro atoms. The third-order valence-electron chi connectivity index (χ3n) is 10.6. The van der Waals surface area contributed by atoms with Crippen LogP contribution in [-0.4, -0.2) is 93.5 Å². The first-order valence-electron chi connectivity index (χ1n) is 18.8. The van der Waals surface area contributed by atoms with Gasteiger partial charge in [-0.3, -0.25) is 34.0 Å². The summed E-state index contributed by atoms with van der Waals surface area (Å²) in [6.07, 6.45) is 10.5. The highest BCUT2D eigenvalue weighted by molar-refractivity contribution is 7.14. The monoisotopic (exact) mass is 762 g/mol. The Morgan fingerprint density at radius 2 is 1.72 bits per heavy atom.